The molecule has 1 atom stereocenters. The number of nitrogens with one attached hydrogen (secondary N) is 1. The van der Waals surface area contributed by atoms with Crippen molar-refractivity contribution < 1.29 is 12.8 Å². The van der Waals surface area contributed by atoms with E-state index in [1.807, 2.05) is 12.2 Å². The molecule has 0 heterocycles. The standard InChI is InChI=1S/C12H15FN2O2S/c13-10-7-4-8-11(12(10)14)18(16,17)15-9-5-2-1-3-6-9/h1-2,4,7-9,15H,3,5-6,14H2. The minimum absolute atomic E-state index is 0.150. The predicted octanol–water partition coefficient (Wildman–Crippen LogP) is 1.79. The highest BCUT2D eigenvalue weighted by atomic mass is 32.2. The van der Waals surface area contributed by atoms with E-state index < -0.39 is 15.8 Å². The van der Waals surface area contributed by atoms with Gasteiger partial charge in [-0.2, -0.15) is 0 Å². The average molecular weight is 270 g/mol. The number of nitrogens with two attached hydrogens (primary N) is 1. The van der Waals surface area contributed by atoms with E-state index in [2.05, 4.69) is 4.72 Å². The van der Waals surface area contributed by atoms with Gasteiger partial charge in [-0.05, 0) is 31.4 Å². The van der Waals surface area contributed by atoms with Crippen molar-refractivity contribution in [1.29, 1.82) is 0 Å². The van der Waals surface area contributed by atoms with Crippen LogP contribution >= 0.6 is 0 Å². The van der Waals surface area contributed by atoms with E-state index in [1.54, 1.807) is 0 Å². The molecule has 0 spiro atoms. The first-order valence-corrected chi connectivity index (χ1v) is 7.20. The molecule has 0 bridgehead atoms. The Bertz CT molecular complexity index is 569. The first-order chi connectivity index (χ1) is 8.50. The van der Waals surface area contributed by atoms with Crippen LogP contribution in [0, 0.1) is 5.82 Å². The molecule has 4 nitrogen and oxygen atoms in total. The van der Waals surface area contributed by atoms with Crippen LogP contribution in [0.2, 0.25) is 0 Å². The summed E-state index contributed by atoms with van der Waals surface area (Å²) in [6, 6.07) is 3.63. The number of hydrogen-bond acceptors (Lipinski definition) is 3. The van der Waals surface area contributed by atoms with Crippen LogP contribution in [0.5, 0.6) is 0 Å². The molecular weight excluding hydrogens is 255 g/mol. The molecule has 1 aromatic carbocycles. The Labute approximate surface area is 106 Å². The first-order valence-electron chi connectivity index (χ1n) is 5.72. The van der Waals surface area contributed by atoms with E-state index in [-0.39, 0.29) is 16.6 Å². The summed E-state index contributed by atoms with van der Waals surface area (Å²) in [6.45, 7) is 0. The van der Waals surface area contributed by atoms with Crippen molar-refractivity contribution in [3.05, 3.63) is 36.2 Å². The lowest BCUT2D eigenvalue weighted by Crippen LogP contribution is -2.35. The fourth-order valence-corrected chi connectivity index (χ4v) is 3.36. The van der Waals surface area contributed by atoms with Gasteiger partial charge in [-0.3, -0.25) is 0 Å². The molecule has 18 heavy (non-hydrogen) atoms. The highest BCUT2D eigenvalue weighted by molar-refractivity contribution is 7.89. The Morgan fingerprint density at radius 1 is 1.33 bits per heavy atom. The molecule has 0 fully saturated rings. The van der Waals surface area contributed by atoms with E-state index in [1.165, 1.54) is 12.1 Å². The largest absolute Gasteiger partial charge is 0.395 e. The van der Waals surface area contributed by atoms with Gasteiger partial charge in [-0.1, -0.05) is 18.2 Å². The molecule has 0 aliphatic heterocycles. The summed E-state index contributed by atoms with van der Waals surface area (Å²) in [4.78, 5) is -0.197. The van der Waals surface area contributed by atoms with Crippen LogP contribution in [0.15, 0.2) is 35.2 Å². The fraction of sp³-hybridized carbons (Fsp3) is 0.333. The molecule has 98 valence electrons. The second-order valence-electron chi connectivity index (χ2n) is 4.25. The fourth-order valence-electron chi connectivity index (χ4n) is 1.94. The third kappa shape index (κ3) is 2.70. The number of allylic oxidation sites excluding steroid dienone is 1. The minimum atomic E-state index is -3.76. The summed E-state index contributed by atoms with van der Waals surface area (Å²) in [5, 5.41) is 0. The summed E-state index contributed by atoms with van der Waals surface area (Å²) in [6.07, 6.45) is 6.18. The van der Waals surface area contributed by atoms with Crippen molar-refractivity contribution in [2.24, 2.45) is 0 Å². The number of para-hydroxylation sites is 1. The Morgan fingerprint density at radius 3 is 2.78 bits per heavy atom. The molecule has 1 aliphatic rings. The number of benzene rings is 1. The number of sulfonamides is 1. The molecule has 1 unspecified atom stereocenters. The maximum atomic E-state index is 13.3. The lowest BCUT2D eigenvalue weighted by Gasteiger charge is -2.19. The van der Waals surface area contributed by atoms with Gasteiger partial charge in [0, 0.05) is 6.04 Å². The monoisotopic (exact) mass is 270 g/mol. The first kappa shape index (κ1) is 13.0. The van der Waals surface area contributed by atoms with Gasteiger partial charge in [-0.15, -0.1) is 0 Å². The maximum absolute atomic E-state index is 13.3. The number of nitrogen functional groups attached to an aromatic ring is 1. The Morgan fingerprint density at radius 2 is 2.11 bits per heavy atom. The third-order valence-electron chi connectivity index (χ3n) is 2.89. The van der Waals surface area contributed by atoms with Crippen LogP contribution in [-0.4, -0.2) is 14.5 Å². The maximum Gasteiger partial charge on any atom is 0.242 e. The third-order valence-corrected chi connectivity index (χ3v) is 4.47. The molecule has 0 saturated heterocycles. The number of rotatable bonds is 3. The van der Waals surface area contributed by atoms with Gasteiger partial charge in [0.05, 0.1) is 5.69 Å². The normalized spacial score (nSPS) is 19.9. The highest BCUT2D eigenvalue weighted by Crippen LogP contribution is 2.22. The second-order valence-corrected chi connectivity index (χ2v) is 5.94. The molecule has 0 radical (unpaired) electrons. The molecule has 0 amide bonds. The Balaban J connectivity index is 2.25. The molecule has 6 heteroatoms. The van der Waals surface area contributed by atoms with E-state index in [0.717, 1.165) is 18.9 Å². The Kier molecular flexibility index (Phi) is 3.68. The second kappa shape index (κ2) is 5.07. The van der Waals surface area contributed by atoms with Crippen molar-refractivity contribution in [1.82, 2.24) is 4.72 Å². The van der Waals surface area contributed by atoms with E-state index in [9.17, 15) is 12.8 Å². The van der Waals surface area contributed by atoms with Gasteiger partial charge in [0.2, 0.25) is 10.0 Å². The summed E-state index contributed by atoms with van der Waals surface area (Å²) >= 11 is 0. The molecule has 2 rings (SSSR count). The van der Waals surface area contributed by atoms with Crippen molar-refractivity contribution in [3.63, 3.8) is 0 Å². The highest BCUT2D eigenvalue weighted by Gasteiger charge is 2.23. The summed E-state index contributed by atoms with van der Waals surface area (Å²) < 4.78 is 40.0. The summed E-state index contributed by atoms with van der Waals surface area (Å²) in [7, 11) is -3.76. The predicted molar refractivity (Wildman–Crippen MR) is 67.9 cm³/mol. The summed E-state index contributed by atoms with van der Waals surface area (Å²) in [5.74, 6) is -0.721. The number of anilines is 1. The zero-order valence-corrected chi connectivity index (χ0v) is 10.6. The SMILES string of the molecule is Nc1c(F)cccc1S(=O)(=O)NC1CC=CCC1. The zero-order valence-electron chi connectivity index (χ0n) is 9.77. The molecular formula is C12H15FN2O2S. The van der Waals surface area contributed by atoms with Gasteiger partial charge in [0.15, 0.2) is 0 Å². The van der Waals surface area contributed by atoms with Crippen LogP contribution in [0.1, 0.15) is 19.3 Å². The van der Waals surface area contributed by atoms with Crippen molar-refractivity contribution >= 4 is 15.7 Å². The van der Waals surface area contributed by atoms with Gasteiger partial charge in [0.25, 0.3) is 0 Å². The Hall–Kier alpha value is -1.40. The topological polar surface area (TPSA) is 72.2 Å². The molecule has 1 aromatic rings. The van der Waals surface area contributed by atoms with Crippen LogP contribution in [0.25, 0.3) is 0 Å². The summed E-state index contributed by atoms with van der Waals surface area (Å²) in [5.41, 5.74) is 5.13. The van der Waals surface area contributed by atoms with Crippen molar-refractivity contribution in [3.8, 4) is 0 Å². The van der Waals surface area contributed by atoms with E-state index >= 15 is 0 Å². The minimum Gasteiger partial charge on any atom is -0.395 e. The van der Waals surface area contributed by atoms with Crippen molar-refractivity contribution in [2.75, 3.05) is 5.73 Å². The average Bonchev–Trinajstić information content (AvgIpc) is 2.33. The van der Waals surface area contributed by atoms with Crippen LogP contribution in [-0.2, 0) is 10.0 Å². The molecule has 1 aliphatic carbocycles. The van der Waals surface area contributed by atoms with Crippen molar-refractivity contribution in [2.45, 2.75) is 30.2 Å². The quantitative estimate of drug-likeness (QED) is 0.649. The van der Waals surface area contributed by atoms with Crippen LogP contribution in [0.4, 0.5) is 10.1 Å². The van der Waals surface area contributed by atoms with Crippen LogP contribution in [0.3, 0.4) is 0 Å². The van der Waals surface area contributed by atoms with Crippen LogP contribution < -0.4 is 10.5 Å². The number of halogens is 1. The molecule has 3 N–H and O–H groups in total. The van der Waals surface area contributed by atoms with E-state index in [4.69, 9.17) is 5.73 Å². The molecule has 0 saturated carbocycles. The smallest absolute Gasteiger partial charge is 0.242 e. The van der Waals surface area contributed by atoms with E-state index in [0.29, 0.717) is 6.42 Å². The van der Waals surface area contributed by atoms with Gasteiger partial charge in [0.1, 0.15) is 10.7 Å². The molecule has 0 aromatic heterocycles. The lowest BCUT2D eigenvalue weighted by molar-refractivity contribution is 0.522. The van der Waals surface area contributed by atoms with Gasteiger partial charge < -0.3 is 5.73 Å². The number of hydrogen-bond donors (Lipinski definition) is 2. The lowest BCUT2D eigenvalue weighted by atomic mass is 10.0. The van der Waals surface area contributed by atoms with Gasteiger partial charge >= 0.3 is 0 Å². The zero-order chi connectivity index (χ0) is 13.2. The van der Waals surface area contributed by atoms with Gasteiger partial charge in [-0.25, -0.2) is 17.5 Å².